The molecule has 1 aromatic heterocycles. The second kappa shape index (κ2) is 4.77. The van der Waals surface area contributed by atoms with Gasteiger partial charge in [-0.15, -0.1) is 0 Å². The Hall–Kier alpha value is -1.58. The van der Waals surface area contributed by atoms with Crippen molar-refractivity contribution >= 4 is 5.91 Å². The number of carbonyl (C=O) groups excluding carboxylic acids is 1. The highest BCUT2D eigenvalue weighted by Gasteiger charge is 2.05. The predicted molar refractivity (Wildman–Crippen MR) is 58.7 cm³/mol. The van der Waals surface area contributed by atoms with Crippen LogP contribution in [0.2, 0.25) is 0 Å². The van der Waals surface area contributed by atoms with Gasteiger partial charge in [-0.25, -0.2) is 0 Å². The Labute approximate surface area is 88.9 Å². The van der Waals surface area contributed by atoms with Gasteiger partial charge in [0.15, 0.2) is 0 Å². The third-order valence-corrected chi connectivity index (χ3v) is 1.92. The van der Waals surface area contributed by atoms with Gasteiger partial charge in [0.1, 0.15) is 6.54 Å². The maximum absolute atomic E-state index is 11.4. The molecule has 4 heteroatoms. The van der Waals surface area contributed by atoms with Crippen molar-refractivity contribution < 1.29 is 4.79 Å². The first-order valence-corrected chi connectivity index (χ1v) is 4.95. The minimum absolute atomic E-state index is 0.0806. The fourth-order valence-electron chi connectivity index (χ4n) is 1.26. The smallest absolute Gasteiger partial charge is 0.251 e. The first-order chi connectivity index (χ1) is 6.99. The van der Waals surface area contributed by atoms with E-state index in [0.717, 1.165) is 5.56 Å². The van der Waals surface area contributed by atoms with E-state index in [1.807, 2.05) is 26.8 Å². The molecular formula is C11H16N2O2. The molecule has 0 unspecified atom stereocenters. The largest absolute Gasteiger partial charge is 0.352 e. The van der Waals surface area contributed by atoms with Crippen LogP contribution in [0.15, 0.2) is 23.1 Å². The van der Waals surface area contributed by atoms with E-state index >= 15 is 0 Å². The highest BCUT2D eigenvalue weighted by atomic mass is 16.2. The van der Waals surface area contributed by atoms with Crippen LogP contribution < -0.4 is 10.9 Å². The number of rotatable bonds is 3. The first kappa shape index (κ1) is 11.5. The minimum atomic E-state index is -0.145. The molecule has 1 heterocycles. The van der Waals surface area contributed by atoms with Gasteiger partial charge in [-0.1, -0.05) is 0 Å². The van der Waals surface area contributed by atoms with E-state index in [4.69, 9.17) is 0 Å². The lowest BCUT2D eigenvalue weighted by Crippen LogP contribution is -2.35. The summed E-state index contributed by atoms with van der Waals surface area (Å²) in [5.41, 5.74) is 0.759. The number of nitrogens with one attached hydrogen (secondary N) is 1. The summed E-state index contributed by atoms with van der Waals surface area (Å²) in [4.78, 5) is 22.8. The van der Waals surface area contributed by atoms with Crippen LogP contribution in [0.25, 0.3) is 0 Å². The lowest BCUT2D eigenvalue weighted by atomic mass is 10.3. The summed E-state index contributed by atoms with van der Waals surface area (Å²) >= 11 is 0. The third-order valence-electron chi connectivity index (χ3n) is 1.92. The molecule has 0 aliphatic heterocycles. The molecule has 0 aliphatic rings. The van der Waals surface area contributed by atoms with Crippen molar-refractivity contribution in [3.63, 3.8) is 0 Å². The average molecular weight is 208 g/mol. The van der Waals surface area contributed by atoms with Crippen LogP contribution in [0.4, 0.5) is 0 Å². The molecule has 0 fully saturated rings. The van der Waals surface area contributed by atoms with E-state index in [1.54, 1.807) is 6.20 Å². The van der Waals surface area contributed by atoms with Crippen LogP contribution in [0.3, 0.4) is 0 Å². The van der Waals surface area contributed by atoms with Crippen molar-refractivity contribution in [2.24, 2.45) is 0 Å². The second-order valence-corrected chi connectivity index (χ2v) is 3.89. The van der Waals surface area contributed by atoms with Gasteiger partial charge in [0.25, 0.3) is 5.56 Å². The summed E-state index contributed by atoms with van der Waals surface area (Å²) in [5, 5.41) is 2.73. The molecule has 0 saturated heterocycles. The topological polar surface area (TPSA) is 51.1 Å². The van der Waals surface area contributed by atoms with Gasteiger partial charge < -0.3 is 9.88 Å². The van der Waals surface area contributed by atoms with Crippen molar-refractivity contribution in [1.29, 1.82) is 0 Å². The molecule has 82 valence electrons. The summed E-state index contributed by atoms with van der Waals surface area (Å²) < 4.78 is 1.39. The van der Waals surface area contributed by atoms with E-state index in [1.165, 1.54) is 10.6 Å². The van der Waals surface area contributed by atoms with Crippen LogP contribution in [0.1, 0.15) is 19.4 Å². The Morgan fingerprint density at radius 3 is 2.73 bits per heavy atom. The van der Waals surface area contributed by atoms with Crippen LogP contribution in [-0.2, 0) is 11.3 Å². The fraction of sp³-hybridized carbons (Fsp3) is 0.455. The Kier molecular flexibility index (Phi) is 3.66. The number of carbonyl (C=O) groups is 1. The highest BCUT2D eigenvalue weighted by molar-refractivity contribution is 5.75. The molecule has 1 aromatic rings. The zero-order valence-electron chi connectivity index (χ0n) is 9.28. The molecule has 0 aliphatic carbocycles. The number of amides is 1. The van der Waals surface area contributed by atoms with Crippen molar-refractivity contribution in [2.75, 3.05) is 0 Å². The zero-order chi connectivity index (χ0) is 11.4. The molecule has 0 spiro atoms. The zero-order valence-corrected chi connectivity index (χ0v) is 9.28. The molecule has 0 aromatic carbocycles. The Bertz CT molecular complexity index is 407. The number of pyridine rings is 1. The Morgan fingerprint density at radius 2 is 2.20 bits per heavy atom. The SMILES string of the molecule is Cc1ccn(CC(=O)NC(C)C)c(=O)c1. The molecule has 0 atom stereocenters. The van der Waals surface area contributed by atoms with Crippen LogP contribution in [0, 0.1) is 6.92 Å². The van der Waals surface area contributed by atoms with Gasteiger partial charge in [0.05, 0.1) is 0 Å². The van der Waals surface area contributed by atoms with E-state index in [0.29, 0.717) is 0 Å². The van der Waals surface area contributed by atoms with E-state index in [2.05, 4.69) is 5.32 Å². The monoisotopic (exact) mass is 208 g/mol. The Balaban J connectivity index is 2.73. The first-order valence-electron chi connectivity index (χ1n) is 4.95. The van der Waals surface area contributed by atoms with Gasteiger partial charge in [0, 0.05) is 18.3 Å². The molecule has 1 amide bonds. The maximum Gasteiger partial charge on any atom is 0.251 e. The molecule has 0 radical (unpaired) electrons. The second-order valence-electron chi connectivity index (χ2n) is 3.89. The molecule has 1 N–H and O–H groups in total. The predicted octanol–water partition coefficient (Wildman–Crippen LogP) is 0.681. The number of hydrogen-bond donors (Lipinski definition) is 1. The lowest BCUT2D eigenvalue weighted by Gasteiger charge is -2.09. The lowest BCUT2D eigenvalue weighted by molar-refractivity contribution is -0.122. The molecule has 1 rings (SSSR count). The van der Waals surface area contributed by atoms with E-state index in [9.17, 15) is 9.59 Å². The van der Waals surface area contributed by atoms with Crippen molar-refractivity contribution in [1.82, 2.24) is 9.88 Å². The summed E-state index contributed by atoms with van der Waals surface area (Å²) in [6.45, 7) is 5.70. The number of nitrogens with zero attached hydrogens (tertiary/aromatic N) is 1. The molecule has 0 saturated carbocycles. The van der Waals surface area contributed by atoms with Crippen molar-refractivity contribution in [2.45, 2.75) is 33.4 Å². The highest BCUT2D eigenvalue weighted by Crippen LogP contribution is 1.91. The fourth-order valence-corrected chi connectivity index (χ4v) is 1.26. The van der Waals surface area contributed by atoms with Gasteiger partial charge >= 0.3 is 0 Å². The van der Waals surface area contributed by atoms with Gasteiger partial charge in [-0.2, -0.15) is 0 Å². The van der Waals surface area contributed by atoms with Gasteiger partial charge in [0.2, 0.25) is 5.91 Å². The average Bonchev–Trinajstić information content (AvgIpc) is 2.08. The molecule has 15 heavy (non-hydrogen) atoms. The van der Waals surface area contributed by atoms with Crippen molar-refractivity contribution in [3.05, 3.63) is 34.2 Å². The summed E-state index contributed by atoms with van der Waals surface area (Å²) in [6, 6.07) is 3.42. The number of aromatic nitrogens is 1. The third kappa shape index (κ3) is 3.58. The van der Waals surface area contributed by atoms with Crippen molar-refractivity contribution in [3.8, 4) is 0 Å². The van der Waals surface area contributed by atoms with E-state index < -0.39 is 0 Å². The maximum atomic E-state index is 11.4. The quantitative estimate of drug-likeness (QED) is 0.794. The molecular weight excluding hydrogens is 192 g/mol. The normalized spacial score (nSPS) is 10.4. The minimum Gasteiger partial charge on any atom is -0.352 e. The standard InChI is InChI=1S/C11H16N2O2/c1-8(2)12-10(14)7-13-5-4-9(3)6-11(13)15/h4-6,8H,7H2,1-3H3,(H,12,14). The number of aryl methyl sites for hydroxylation is 1. The Morgan fingerprint density at radius 1 is 1.53 bits per heavy atom. The summed E-state index contributed by atoms with van der Waals surface area (Å²) in [6.07, 6.45) is 1.64. The molecule has 0 bridgehead atoms. The van der Waals surface area contributed by atoms with Gasteiger partial charge in [-0.05, 0) is 32.4 Å². The van der Waals surface area contributed by atoms with Gasteiger partial charge in [-0.3, -0.25) is 9.59 Å². The van der Waals surface area contributed by atoms with Crippen LogP contribution in [-0.4, -0.2) is 16.5 Å². The molecule has 4 nitrogen and oxygen atoms in total. The van der Waals surface area contributed by atoms with Crippen LogP contribution >= 0.6 is 0 Å². The van der Waals surface area contributed by atoms with Crippen LogP contribution in [0.5, 0.6) is 0 Å². The summed E-state index contributed by atoms with van der Waals surface area (Å²) in [5.74, 6) is -0.143. The number of hydrogen-bond acceptors (Lipinski definition) is 2. The van der Waals surface area contributed by atoms with E-state index in [-0.39, 0.29) is 24.1 Å². The summed E-state index contributed by atoms with van der Waals surface area (Å²) in [7, 11) is 0.